The van der Waals surface area contributed by atoms with E-state index in [1.54, 1.807) is 18.2 Å². The number of amides is 1. The molecule has 0 aliphatic carbocycles. The molecule has 0 bridgehead atoms. The lowest BCUT2D eigenvalue weighted by Gasteiger charge is -2.26. The number of aryl methyl sites for hydroxylation is 1. The van der Waals surface area contributed by atoms with Crippen molar-refractivity contribution in [3.63, 3.8) is 0 Å². The second-order valence-electron chi connectivity index (χ2n) is 7.17. The lowest BCUT2D eigenvalue weighted by molar-refractivity contribution is -0.118. The normalized spacial score (nSPS) is 14.9. The molecule has 7 nitrogen and oxygen atoms in total. The number of hydrogen-bond donors (Lipinski definition) is 1. The van der Waals surface area contributed by atoms with Gasteiger partial charge < -0.3 is 14.8 Å². The van der Waals surface area contributed by atoms with Crippen molar-refractivity contribution in [2.24, 2.45) is 0 Å². The lowest BCUT2D eigenvalue weighted by atomic mass is 10.2. The van der Waals surface area contributed by atoms with Crippen LogP contribution in [0.5, 0.6) is 11.5 Å². The lowest BCUT2D eigenvalue weighted by Crippen LogP contribution is -2.35. The Balaban J connectivity index is 1.71. The SMILES string of the molecule is CCc1cccc(OCC(=O)Nc2ccc(OC)c(S(=O)(=O)N3CCCCC3)c2)c1. The Morgan fingerprint density at radius 2 is 1.87 bits per heavy atom. The van der Waals surface area contributed by atoms with Gasteiger partial charge >= 0.3 is 0 Å². The second-order valence-corrected chi connectivity index (χ2v) is 9.07. The Morgan fingerprint density at radius 3 is 2.57 bits per heavy atom. The number of carbonyl (C=O) groups excluding carboxylic acids is 1. The zero-order valence-electron chi connectivity index (χ0n) is 17.4. The number of anilines is 1. The van der Waals surface area contributed by atoms with Crippen LogP contribution in [0, 0.1) is 0 Å². The predicted octanol–water partition coefficient (Wildman–Crippen LogP) is 3.45. The van der Waals surface area contributed by atoms with Crippen LogP contribution in [-0.4, -0.2) is 45.4 Å². The molecule has 1 heterocycles. The van der Waals surface area contributed by atoms with Gasteiger partial charge in [-0.3, -0.25) is 4.79 Å². The molecule has 1 saturated heterocycles. The molecule has 1 amide bonds. The number of hydrogen-bond acceptors (Lipinski definition) is 5. The van der Waals surface area contributed by atoms with Gasteiger partial charge in [0.15, 0.2) is 6.61 Å². The quantitative estimate of drug-likeness (QED) is 0.691. The summed E-state index contributed by atoms with van der Waals surface area (Å²) in [6.45, 7) is 2.86. The molecule has 162 valence electrons. The summed E-state index contributed by atoms with van der Waals surface area (Å²) in [6, 6.07) is 12.2. The van der Waals surface area contributed by atoms with E-state index >= 15 is 0 Å². The van der Waals surface area contributed by atoms with Crippen LogP contribution < -0.4 is 14.8 Å². The van der Waals surface area contributed by atoms with Crippen LogP contribution >= 0.6 is 0 Å². The van der Waals surface area contributed by atoms with Crippen molar-refractivity contribution in [3.05, 3.63) is 48.0 Å². The van der Waals surface area contributed by atoms with Crippen LogP contribution in [0.25, 0.3) is 0 Å². The molecule has 1 aliphatic heterocycles. The van der Waals surface area contributed by atoms with Gasteiger partial charge in [0.1, 0.15) is 16.4 Å². The van der Waals surface area contributed by atoms with Crippen LogP contribution in [-0.2, 0) is 21.2 Å². The topological polar surface area (TPSA) is 84.9 Å². The number of piperidine rings is 1. The van der Waals surface area contributed by atoms with Gasteiger partial charge in [-0.1, -0.05) is 25.5 Å². The summed E-state index contributed by atoms with van der Waals surface area (Å²) in [5, 5.41) is 2.71. The van der Waals surface area contributed by atoms with Gasteiger partial charge in [-0.25, -0.2) is 8.42 Å². The van der Waals surface area contributed by atoms with Gasteiger partial charge in [-0.15, -0.1) is 0 Å². The number of rotatable bonds is 8. The molecule has 1 N–H and O–H groups in total. The molecule has 2 aromatic carbocycles. The Morgan fingerprint density at radius 1 is 1.10 bits per heavy atom. The molecule has 8 heteroatoms. The summed E-state index contributed by atoms with van der Waals surface area (Å²) in [5.74, 6) is 0.502. The first kappa shape index (κ1) is 22.1. The van der Waals surface area contributed by atoms with Crippen LogP contribution in [0.15, 0.2) is 47.4 Å². The van der Waals surface area contributed by atoms with Gasteiger partial charge in [0.05, 0.1) is 7.11 Å². The second kappa shape index (κ2) is 9.95. The number of methoxy groups -OCH3 is 1. The number of sulfonamides is 1. The van der Waals surface area contributed by atoms with Crippen molar-refractivity contribution in [2.75, 3.05) is 32.1 Å². The largest absolute Gasteiger partial charge is 0.495 e. The Labute approximate surface area is 178 Å². The maximum Gasteiger partial charge on any atom is 0.262 e. The van der Waals surface area contributed by atoms with E-state index in [1.165, 1.54) is 17.5 Å². The predicted molar refractivity (Wildman–Crippen MR) is 116 cm³/mol. The van der Waals surface area contributed by atoms with Gasteiger partial charge in [0, 0.05) is 18.8 Å². The molecule has 1 fully saturated rings. The molecule has 0 radical (unpaired) electrons. The summed E-state index contributed by atoms with van der Waals surface area (Å²) in [4.78, 5) is 12.4. The highest BCUT2D eigenvalue weighted by Crippen LogP contribution is 2.31. The zero-order valence-corrected chi connectivity index (χ0v) is 18.2. The van der Waals surface area contributed by atoms with E-state index in [4.69, 9.17) is 9.47 Å². The Kier molecular flexibility index (Phi) is 7.33. The Hall–Kier alpha value is -2.58. The molecule has 0 saturated carbocycles. The molecule has 30 heavy (non-hydrogen) atoms. The molecule has 0 unspecified atom stereocenters. The summed E-state index contributed by atoms with van der Waals surface area (Å²) in [5.41, 5.74) is 1.50. The van der Waals surface area contributed by atoms with E-state index in [0.29, 0.717) is 24.5 Å². The third-order valence-corrected chi connectivity index (χ3v) is 6.98. The molecule has 0 atom stereocenters. The summed E-state index contributed by atoms with van der Waals surface area (Å²) in [7, 11) is -2.27. The average Bonchev–Trinajstić information content (AvgIpc) is 2.78. The van der Waals surface area contributed by atoms with E-state index in [2.05, 4.69) is 5.32 Å². The fourth-order valence-corrected chi connectivity index (χ4v) is 5.10. The smallest absolute Gasteiger partial charge is 0.262 e. The maximum absolute atomic E-state index is 13.1. The minimum atomic E-state index is -3.70. The molecule has 2 aromatic rings. The van der Waals surface area contributed by atoms with Crippen molar-refractivity contribution < 1.29 is 22.7 Å². The minimum absolute atomic E-state index is 0.0567. The highest BCUT2D eigenvalue weighted by molar-refractivity contribution is 7.89. The third-order valence-electron chi connectivity index (χ3n) is 5.06. The van der Waals surface area contributed by atoms with Crippen molar-refractivity contribution in [3.8, 4) is 11.5 Å². The molecule has 0 spiro atoms. The molecule has 1 aliphatic rings. The first-order valence-corrected chi connectivity index (χ1v) is 11.6. The highest BCUT2D eigenvalue weighted by atomic mass is 32.2. The highest BCUT2D eigenvalue weighted by Gasteiger charge is 2.29. The fourth-order valence-electron chi connectivity index (χ4n) is 3.40. The van der Waals surface area contributed by atoms with E-state index in [1.807, 2.05) is 25.1 Å². The van der Waals surface area contributed by atoms with Crippen LogP contribution in [0.4, 0.5) is 5.69 Å². The zero-order chi connectivity index (χ0) is 21.6. The van der Waals surface area contributed by atoms with Gasteiger partial charge in [0.25, 0.3) is 5.91 Å². The van der Waals surface area contributed by atoms with Crippen LogP contribution in [0.1, 0.15) is 31.7 Å². The van der Waals surface area contributed by atoms with Crippen molar-refractivity contribution >= 4 is 21.6 Å². The average molecular weight is 433 g/mol. The maximum atomic E-state index is 13.1. The number of nitrogens with one attached hydrogen (secondary N) is 1. The fraction of sp³-hybridized carbons (Fsp3) is 0.409. The van der Waals surface area contributed by atoms with Gasteiger partial charge in [-0.2, -0.15) is 4.31 Å². The summed E-state index contributed by atoms with van der Waals surface area (Å²) >= 11 is 0. The number of carbonyl (C=O) groups is 1. The summed E-state index contributed by atoms with van der Waals surface area (Å²) in [6.07, 6.45) is 3.59. The monoisotopic (exact) mass is 432 g/mol. The van der Waals surface area contributed by atoms with Gasteiger partial charge in [0.2, 0.25) is 10.0 Å². The third kappa shape index (κ3) is 5.31. The van der Waals surface area contributed by atoms with E-state index in [9.17, 15) is 13.2 Å². The van der Waals surface area contributed by atoms with E-state index in [-0.39, 0.29) is 23.2 Å². The first-order chi connectivity index (χ1) is 14.4. The standard InChI is InChI=1S/C22H28N2O5S/c1-3-17-8-7-9-19(14-17)29-16-22(25)23-18-10-11-20(28-2)21(15-18)30(26,27)24-12-5-4-6-13-24/h7-11,14-15H,3-6,12-13,16H2,1-2H3,(H,23,25). The Bertz CT molecular complexity index is 985. The molecular weight excluding hydrogens is 404 g/mol. The number of benzene rings is 2. The summed E-state index contributed by atoms with van der Waals surface area (Å²) < 4.78 is 38.5. The van der Waals surface area contributed by atoms with Crippen LogP contribution in [0.3, 0.4) is 0 Å². The minimum Gasteiger partial charge on any atom is -0.495 e. The molecule has 3 rings (SSSR count). The molecular formula is C22H28N2O5S. The van der Waals surface area contributed by atoms with Crippen LogP contribution in [0.2, 0.25) is 0 Å². The number of nitrogens with zero attached hydrogens (tertiary/aromatic N) is 1. The molecule has 0 aromatic heterocycles. The van der Waals surface area contributed by atoms with Crippen molar-refractivity contribution in [1.82, 2.24) is 4.31 Å². The number of ether oxygens (including phenoxy) is 2. The first-order valence-electron chi connectivity index (χ1n) is 10.1. The van der Waals surface area contributed by atoms with E-state index in [0.717, 1.165) is 31.2 Å². The van der Waals surface area contributed by atoms with Gasteiger partial charge in [-0.05, 0) is 55.2 Å². The van der Waals surface area contributed by atoms with Crippen molar-refractivity contribution in [2.45, 2.75) is 37.5 Å². The van der Waals surface area contributed by atoms with E-state index < -0.39 is 10.0 Å². The van der Waals surface area contributed by atoms with Crippen molar-refractivity contribution in [1.29, 1.82) is 0 Å².